The Bertz CT molecular complexity index is 211. The maximum atomic E-state index is 11.6. The largest absolute Gasteiger partial charge is 0.356 e. The summed E-state index contributed by atoms with van der Waals surface area (Å²) in [5.41, 5.74) is 0. The first-order chi connectivity index (χ1) is 7.74. The zero-order valence-corrected chi connectivity index (χ0v) is 13.0. The van der Waals surface area contributed by atoms with E-state index in [1.807, 2.05) is 14.0 Å². The molecule has 18 heavy (non-hydrogen) atoms. The van der Waals surface area contributed by atoms with Crippen molar-refractivity contribution < 1.29 is 4.79 Å². The van der Waals surface area contributed by atoms with E-state index < -0.39 is 0 Å². The Morgan fingerprint density at radius 1 is 1.28 bits per heavy atom. The molecule has 1 fully saturated rings. The van der Waals surface area contributed by atoms with Crippen molar-refractivity contribution in [2.75, 3.05) is 39.8 Å². The van der Waals surface area contributed by atoms with Gasteiger partial charge in [0.05, 0.1) is 0 Å². The first-order valence-corrected chi connectivity index (χ1v) is 6.38. The Hall–Kier alpha value is -0.0300. The first-order valence-electron chi connectivity index (χ1n) is 6.38. The minimum absolute atomic E-state index is 0. The number of likely N-dealkylation sites (tertiary alicyclic amines) is 1. The van der Waals surface area contributed by atoms with E-state index in [0.717, 1.165) is 26.1 Å². The van der Waals surface area contributed by atoms with Crippen molar-refractivity contribution in [2.45, 2.75) is 26.2 Å². The van der Waals surface area contributed by atoms with Crippen LogP contribution in [0.1, 0.15) is 26.2 Å². The molecule has 0 aliphatic carbocycles. The van der Waals surface area contributed by atoms with Crippen molar-refractivity contribution in [1.29, 1.82) is 0 Å². The summed E-state index contributed by atoms with van der Waals surface area (Å²) in [6.07, 6.45) is 3.75. The molecular weight excluding hydrogens is 273 g/mol. The highest BCUT2D eigenvalue weighted by Crippen LogP contribution is 2.06. The molecule has 0 radical (unpaired) electrons. The number of amides is 1. The summed E-state index contributed by atoms with van der Waals surface area (Å²) in [5, 5.41) is 6.00. The van der Waals surface area contributed by atoms with Crippen molar-refractivity contribution in [3.05, 3.63) is 0 Å². The fourth-order valence-electron chi connectivity index (χ4n) is 2.09. The maximum Gasteiger partial charge on any atom is 0.224 e. The van der Waals surface area contributed by atoms with Crippen LogP contribution in [0.15, 0.2) is 0 Å². The molecule has 1 amide bonds. The van der Waals surface area contributed by atoms with Crippen LogP contribution in [0, 0.1) is 5.92 Å². The van der Waals surface area contributed by atoms with Gasteiger partial charge in [-0.05, 0) is 45.9 Å². The van der Waals surface area contributed by atoms with Crippen LogP contribution in [0.4, 0.5) is 0 Å². The van der Waals surface area contributed by atoms with E-state index in [0.29, 0.717) is 0 Å². The van der Waals surface area contributed by atoms with E-state index >= 15 is 0 Å². The fourth-order valence-corrected chi connectivity index (χ4v) is 2.09. The number of rotatable bonds is 7. The predicted molar refractivity (Wildman–Crippen MR) is 80.9 cm³/mol. The SMILES string of the molecule is CNCC(C)C(=O)NCCCN1CCCC1.Cl.Cl. The number of nitrogens with one attached hydrogen (secondary N) is 2. The summed E-state index contributed by atoms with van der Waals surface area (Å²) in [7, 11) is 1.87. The Morgan fingerprint density at radius 3 is 2.44 bits per heavy atom. The molecule has 0 saturated carbocycles. The number of carbonyl (C=O) groups is 1. The molecule has 6 heteroatoms. The Balaban J connectivity index is 0. The second kappa shape index (κ2) is 12.0. The summed E-state index contributed by atoms with van der Waals surface area (Å²) < 4.78 is 0. The number of hydrogen-bond acceptors (Lipinski definition) is 3. The van der Waals surface area contributed by atoms with Crippen LogP contribution in [-0.2, 0) is 4.79 Å². The van der Waals surface area contributed by atoms with Crippen molar-refractivity contribution in [3.63, 3.8) is 0 Å². The van der Waals surface area contributed by atoms with Crippen molar-refractivity contribution in [3.8, 4) is 0 Å². The lowest BCUT2D eigenvalue weighted by atomic mass is 10.1. The van der Waals surface area contributed by atoms with E-state index in [-0.39, 0.29) is 36.6 Å². The minimum atomic E-state index is 0. The van der Waals surface area contributed by atoms with Crippen LogP contribution in [0.2, 0.25) is 0 Å². The van der Waals surface area contributed by atoms with Crippen LogP contribution in [0.5, 0.6) is 0 Å². The lowest BCUT2D eigenvalue weighted by Crippen LogP contribution is -2.35. The summed E-state index contributed by atoms with van der Waals surface area (Å²) in [5.74, 6) is 0.229. The number of halogens is 2. The molecule has 1 atom stereocenters. The van der Waals surface area contributed by atoms with Gasteiger partial charge in [0.2, 0.25) is 5.91 Å². The average Bonchev–Trinajstić information content (AvgIpc) is 2.77. The van der Waals surface area contributed by atoms with E-state index in [2.05, 4.69) is 15.5 Å². The highest BCUT2D eigenvalue weighted by molar-refractivity contribution is 5.85. The van der Waals surface area contributed by atoms with Gasteiger partial charge >= 0.3 is 0 Å². The van der Waals surface area contributed by atoms with Gasteiger partial charge in [-0.3, -0.25) is 4.79 Å². The number of nitrogens with zero attached hydrogens (tertiary/aromatic N) is 1. The van der Waals surface area contributed by atoms with Gasteiger partial charge in [-0.2, -0.15) is 0 Å². The van der Waals surface area contributed by atoms with Crippen LogP contribution in [0.3, 0.4) is 0 Å². The van der Waals surface area contributed by atoms with Gasteiger partial charge in [-0.25, -0.2) is 0 Å². The molecule has 1 saturated heterocycles. The van der Waals surface area contributed by atoms with Gasteiger partial charge < -0.3 is 15.5 Å². The molecule has 0 aromatic heterocycles. The topological polar surface area (TPSA) is 44.4 Å². The normalized spacial score (nSPS) is 16.6. The van der Waals surface area contributed by atoms with Gasteiger partial charge in [-0.1, -0.05) is 6.92 Å². The third kappa shape index (κ3) is 8.14. The van der Waals surface area contributed by atoms with Gasteiger partial charge in [0.15, 0.2) is 0 Å². The second-order valence-electron chi connectivity index (χ2n) is 4.65. The molecule has 0 spiro atoms. The van der Waals surface area contributed by atoms with Gasteiger partial charge in [0.25, 0.3) is 0 Å². The molecule has 0 bridgehead atoms. The van der Waals surface area contributed by atoms with Gasteiger partial charge in [0.1, 0.15) is 0 Å². The minimum Gasteiger partial charge on any atom is -0.356 e. The number of carbonyl (C=O) groups excluding carboxylic acids is 1. The summed E-state index contributed by atoms with van der Waals surface area (Å²) in [6, 6.07) is 0. The molecule has 1 unspecified atom stereocenters. The average molecular weight is 300 g/mol. The lowest BCUT2D eigenvalue weighted by Gasteiger charge is -2.15. The molecule has 0 aromatic rings. The molecule has 4 nitrogen and oxygen atoms in total. The van der Waals surface area contributed by atoms with E-state index in [4.69, 9.17) is 0 Å². The highest BCUT2D eigenvalue weighted by Gasteiger charge is 2.12. The summed E-state index contributed by atoms with van der Waals surface area (Å²) in [4.78, 5) is 14.0. The fraction of sp³-hybridized carbons (Fsp3) is 0.917. The summed E-state index contributed by atoms with van der Waals surface area (Å²) >= 11 is 0. The first kappa shape index (κ1) is 20.3. The van der Waals surface area contributed by atoms with Crippen molar-refractivity contribution >= 4 is 30.7 Å². The molecule has 0 aromatic carbocycles. The van der Waals surface area contributed by atoms with Gasteiger partial charge in [0, 0.05) is 19.0 Å². The van der Waals surface area contributed by atoms with E-state index in [1.165, 1.54) is 25.9 Å². The molecule has 1 aliphatic heterocycles. The molecule has 110 valence electrons. The quantitative estimate of drug-likeness (QED) is 0.696. The molecule has 1 aliphatic rings. The lowest BCUT2D eigenvalue weighted by molar-refractivity contribution is -0.124. The van der Waals surface area contributed by atoms with Crippen LogP contribution in [-0.4, -0.2) is 50.6 Å². The zero-order valence-electron chi connectivity index (χ0n) is 11.4. The zero-order chi connectivity index (χ0) is 11.8. The third-order valence-corrected chi connectivity index (χ3v) is 3.11. The van der Waals surface area contributed by atoms with Gasteiger partial charge in [-0.15, -0.1) is 24.8 Å². The summed E-state index contributed by atoms with van der Waals surface area (Å²) in [6.45, 7) is 7.11. The van der Waals surface area contributed by atoms with E-state index in [9.17, 15) is 4.79 Å². The predicted octanol–water partition coefficient (Wildman–Crippen LogP) is 1.29. The van der Waals surface area contributed by atoms with Crippen LogP contribution >= 0.6 is 24.8 Å². The Morgan fingerprint density at radius 2 is 1.89 bits per heavy atom. The smallest absolute Gasteiger partial charge is 0.224 e. The Labute approximate surface area is 123 Å². The van der Waals surface area contributed by atoms with Crippen LogP contribution < -0.4 is 10.6 Å². The van der Waals surface area contributed by atoms with Crippen LogP contribution in [0.25, 0.3) is 0 Å². The van der Waals surface area contributed by atoms with Crippen molar-refractivity contribution in [2.24, 2.45) is 5.92 Å². The molecular formula is C12H27Cl2N3O. The molecule has 1 rings (SSSR count). The standard InChI is InChI=1S/C12H25N3O.2ClH/c1-11(10-13-2)12(16)14-6-5-9-15-7-3-4-8-15;;/h11,13H,3-10H2,1-2H3,(H,14,16);2*1H. The Kier molecular flexibility index (Phi) is 13.6. The van der Waals surface area contributed by atoms with E-state index in [1.54, 1.807) is 0 Å². The van der Waals surface area contributed by atoms with Crippen molar-refractivity contribution in [1.82, 2.24) is 15.5 Å². The number of hydrogen-bond donors (Lipinski definition) is 2. The maximum absolute atomic E-state index is 11.6. The molecule has 2 N–H and O–H groups in total. The molecule has 1 heterocycles. The third-order valence-electron chi connectivity index (χ3n) is 3.11. The second-order valence-corrected chi connectivity index (χ2v) is 4.65. The monoisotopic (exact) mass is 299 g/mol. The highest BCUT2D eigenvalue weighted by atomic mass is 35.5.